The first-order valence-electron chi connectivity index (χ1n) is 9.29. The zero-order valence-corrected chi connectivity index (χ0v) is 16.5. The van der Waals surface area contributed by atoms with Crippen molar-refractivity contribution in [2.45, 2.75) is 13.0 Å². The topological polar surface area (TPSA) is 65.8 Å². The van der Waals surface area contributed by atoms with Crippen molar-refractivity contribution < 1.29 is 14.3 Å². The number of methoxy groups -OCH3 is 2. The van der Waals surface area contributed by atoms with Crippen LogP contribution in [0, 0.1) is 18.3 Å². The van der Waals surface area contributed by atoms with Gasteiger partial charge in [-0.2, -0.15) is 5.26 Å². The van der Waals surface area contributed by atoms with Crippen LogP contribution in [-0.4, -0.2) is 56.1 Å². The number of nitriles is 1. The van der Waals surface area contributed by atoms with Crippen molar-refractivity contribution in [1.82, 2.24) is 9.80 Å². The summed E-state index contributed by atoms with van der Waals surface area (Å²) < 4.78 is 10.7. The molecular formula is C22H25N3O3. The monoisotopic (exact) mass is 379 g/mol. The maximum atomic E-state index is 13.1. The van der Waals surface area contributed by atoms with E-state index in [1.54, 1.807) is 37.3 Å². The van der Waals surface area contributed by atoms with Gasteiger partial charge in [-0.05, 0) is 24.6 Å². The molecule has 1 fully saturated rings. The smallest absolute Gasteiger partial charge is 0.261 e. The average molecular weight is 379 g/mol. The molecule has 0 radical (unpaired) electrons. The molecule has 1 saturated heterocycles. The van der Waals surface area contributed by atoms with Crippen molar-refractivity contribution in [3.05, 3.63) is 59.2 Å². The molecule has 1 amide bonds. The fourth-order valence-electron chi connectivity index (χ4n) is 3.52. The molecule has 1 aliphatic rings. The van der Waals surface area contributed by atoms with Gasteiger partial charge in [-0.25, -0.2) is 0 Å². The second kappa shape index (κ2) is 8.77. The quantitative estimate of drug-likeness (QED) is 0.799. The zero-order chi connectivity index (χ0) is 20.1. The van der Waals surface area contributed by atoms with Crippen LogP contribution in [0.2, 0.25) is 0 Å². The van der Waals surface area contributed by atoms with Crippen LogP contribution in [0.15, 0.2) is 42.5 Å². The molecule has 0 N–H and O–H groups in total. The highest BCUT2D eigenvalue weighted by Gasteiger charge is 2.30. The largest absolute Gasteiger partial charge is 0.496 e. The third-order valence-electron chi connectivity index (χ3n) is 5.12. The van der Waals surface area contributed by atoms with Crippen LogP contribution in [-0.2, 0) is 0 Å². The molecule has 2 aromatic rings. The average Bonchev–Trinajstić information content (AvgIpc) is 2.75. The molecule has 0 bridgehead atoms. The third kappa shape index (κ3) is 3.95. The Labute approximate surface area is 165 Å². The lowest BCUT2D eigenvalue weighted by Crippen LogP contribution is -2.49. The number of carbonyl (C=O) groups is 1. The lowest BCUT2D eigenvalue weighted by Gasteiger charge is -2.37. The first kappa shape index (κ1) is 19.7. The Morgan fingerprint density at radius 2 is 1.57 bits per heavy atom. The minimum Gasteiger partial charge on any atom is -0.496 e. The van der Waals surface area contributed by atoms with E-state index in [1.165, 1.54) is 5.56 Å². The number of amides is 1. The second-order valence-corrected chi connectivity index (χ2v) is 6.81. The Kier molecular flexibility index (Phi) is 6.17. The van der Waals surface area contributed by atoms with Gasteiger partial charge in [0.2, 0.25) is 0 Å². The molecule has 6 nitrogen and oxygen atoms in total. The molecule has 0 aromatic heterocycles. The molecule has 1 unspecified atom stereocenters. The van der Waals surface area contributed by atoms with Crippen LogP contribution >= 0.6 is 0 Å². The highest BCUT2D eigenvalue weighted by Crippen LogP contribution is 2.30. The van der Waals surface area contributed by atoms with Gasteiger partial charge in [-0.3, -0.25) is 9.69 Å². The van der Waals surface area contributed by atoms with Crippen molar-refractivity contribution in [3.8, 4) is 17.6 Å². The number of rotatable bonds is 5. The van der Waals surface area contributed by atoms with Crippen LogP contribution in [0.25, 0.3) is 0 Å². The minimum atomic E-state index is -0.307. The van der Waals surface area contributed by atoms with Crippen LogP contribution in [0.5, 0.6) is 11.5 Å². The predicted molar refractivity (Wildman–Crippen MR) is 107 cm³/mol. The Morgan fingerprint density at radius 3 is 2.07 bits per heavy atom. The standard InChI is InChI=1S/C22H25N3O3/c1-16-7-9-17(10-8-16)18(15-23)24-11-13-25(14-12-24)22(26)21-19(27-2)5-4-6-20(21)28-3/h4-10,18H,11-14H2,1-3H3. The van der Waals surface area contributed by atoms with Crippen LogP contribution in [0.4, 0.5) is 0 Å². The predicted octanol–water partition coefficient (Wildman–Crippen LogP) is 3.03. The molecule has 0 saturated carbocycles. The Bertz CT molecular complexity index is 843. The Morgan fingerprint density at radius 1 is 1.00 bits per heavy atom. The van der Waals surface area contributed by atoms with E-state index in [1.807, 2.05) is 31.2 Å². The number of carbonyl (C=O) groups excluding carboxylic acids is 1. The molecule has 2 aromatic carbocycles. The SMILES string of the molecule is COc1cccc(OC)c1C(=O)N1CCN(C(C#N)c2ccc(C)cc2)CC1. The molecule has 0 aliphatic carbocycles. The lowest BCUT2D eigenvalue weighted by atomic mass is 10.0. The molecule has 0 spiro atoms. The summed E-state index contributed by atoms with van der Waals surface area (Å²) in [6, 6.07) is 15.5. The van der Waals surface area contributed by atoms with Gasteiger partial charge >= 0.3 is 0 Å². The molecule has 1 atom stereocenters. The molecule has 3 rings (SSSR count). The number of hydrogen-bond acceptors (Lipinski definition) is 5. The summed E-state index contributed by atoms with van der Waals surface area (Å²) in [4.78, 5) is 17.0. The van der Waals surface area contributed by atoms with Gasteiger partial charge in [0.1, 0.15) is 23.1 Å². The van der Waals surface area contributed by atoms with E-state index in [0.29, 0.717) is 43.2 Å². The van der Waals surface area contributed by atoms with Crippen molar-refractivity contribution in [2.24, 2.45) is 0 Å². The van der Waals surface area contributed by atoms with Crippen molar-refractivity contribution >= 4 is 5.91 Å². The van der Waals surface area contributed by atoms with E-state index in [2.05, 4.69) is 11.0 Å². The number of benzene rings is 2. The summed E-state index contributed by atoms with van der Waals surface area (Å²) in [7, 11) is 3.09. The van der Waals surface area contributed by atoms with Gasteiger partial charge < -0.3 is 14.4 Å². The van der Waals surface area contributed by atoms with Crippen LogP contribution in [0.1, 0.15) is 27.5 Å². The van der Waals surface area contributed by atoms with E-state index < -0.39 is 0 Å². The van der Waals surface area contributed by atoms with Gasteiger partial charge in [0.25, 0.3) is 5.91 Å². The second-order valence-electron chi connectivity index (χ2n) is 6.81. The van der Waals surface area contributed by atoms with Gasteiger partial charge in [-0.1, -0.05) is 35.9 Å². The summed E-state index contributed by atoms with van der Waals surface area (Å²) in [6.45, 7) is 4.39. The molecule has 1 aliphatic heterocycles. The maximum Gasteiger partial charge on any atom is 0.261 e. The first-order valence-corrected chi connectivity index (χ1v) is 9.29. The molecule has 6 heteroatoms. The Hall–Kier alpha value is -3.04. The van der Waals surface area contributed by atoms with Gasteiger partial charge in [0.05, 0.1) is 20.3 Å². The number of ether oxygens (including phenoxy) is 2. The Balaban J connectivity index is 1.72. The van der Waals surface area contributed by atoms with Gasteiger partial charge in [-0.15, -0.1) is 0 Å². The normalized spacial score (nSPS) is 15.6. The molecule has 146 valence electrons. The summed E-state index contributed by atoms with van der Waals surface area (Å²) >= 11 is 0. The minimum absolute atomic E-state index is 0.113. The number of aryl methyl sites for hydroxylation is 1. The fraction of sp³-hybridized carbons (Fsp3) is 0.364. The molecule has 28 heavy (non-hydrogen) atoms. The van der Waals surface area contributed by atoms with E-state index in [9.17, 15) is 10.1 Å². The molecule has 1 heterocycles. The van der Waals surface area contributed by atoms with Crippen molar-refractivity contribution in [2.75, 3.05) is 40.4 Å². The van der Waals surface area contributed by atoms with Gasteiger partial charge in [0.15, 0.2) is 0 Å². The zero-order valence-electron chi connectivity index (χ0n) is 16.5. The number of nitrogens with zero attached hydrogens (tertiary/aromatic N) is 3. The number of hydrogen-bond donors (Lipinski definition) is 0. The van der Waals surface area contributed by atoms with Crippen molar-refractivity contribution in [3.63, 3.8) is 0 Å². The highest BCUT2D eigenvalue weighted by molar-refractivity contribution is 5.99. The van der Waals surface area contributed by atoms with E-state index in [0.717, 1.165) is 5.56 Å². The van der Waals surface area contributed by atoms with Crippen LogP contribution in [0.3, 0.4) is 0 Å². The van der Waals surface area contributed by atoms with E-state index in [4.69, 9.17) is 9.47 Å². The van der Waals surface area contributed by atoms with Gasteiger partial charge in [0, 0.05) is 26.2 Å². The number of piperazine rings is 1. The third-order valence-corrected chi connectivity index (χ3v) is 5.12. The summed E-state index contributed by atoms with van der Waals surface area (Å²) in [6.07, 6.45) is 0. The molecular weight excluding hydrogens is 354 g/mol. The van der Waals surface area contributed by atoms with E-state index >= 15 is 0 Å². The lowest BCUT2D eigenvalue weighted by molar-refractivity contribution is 0.0600. The van der Waals surface area contributed by atoms with Crippen LogP contribution < -0.4 is 9.47 Å². The van der Waals surface area contributed by atoms with Crippen molar-refractivity contribution in [1.29, 1.82) is 5.26 Å². The summed E-state index contributed by atoms with van der Waals surface area (Å²) in [5.74, 6) is 0.889. The summed E-state index contributed by atoms with van der Waals surface area (Å²) in [5.41, 5.74) is 2.59. The van der Waals surface area contributed by atoms with E-state index in [-0.39, 0.29) is 11.9 Å². The highest BCUT2D eigenvalue weighted by atomic mass is 16.5. The summed E-state index contributed by atoms with van der Waals surface area (Å²) in [5, 5.41) is 9.69. The maximum absolute atomic E-state index is 13.1. The fourth-order valence-corrected chi connectivity index (χ4v) is 3.52. The first-order chi connectivity index (χ1) is 13.6.